The van der Waals surface area contributed by atoms with Crippen molar-refractivity contribution >= 4 is 34.8 Å². The predicted octanol–water partition coefficient (Wildman–Crippen LogP) is 3.32. The van der Waals surface area contributed by atoms with Gasteiger partial charge in [-0.25, -0.2) is 0 Å². The van der Waals surface area contributed by atoms with Gasteiger partial charge in [-0.15, -0.1) is 0 Å². The van der Waals surface area contributed by atoms with Crippen LogP contribution >= 0.6 is 22.9 Å². The third kappa shape index (κ3) is 4.16. The summed E-state index contributed by atoms with van der Waals surface area (Å²) in [6.45, 7) is 2.31. The Kier molecular flexibility index (Phi) is 5.53. The number of carbonyl (C=O) groups is 2. The number of benzene rings is 1. The maximum atomic E-state index is 12.5. The van der Waals surface area contributed by atoms with Crippen molar-refractivity contribution in [3.8, 4) is 0 Å². The SMILES string of the molecule is O=C(CCc1ccsc1)N1CCN(C(=O)c2cccc(Cl)c2)CC1. The number of rotatable bonds is 4. The van der Waals surface area contributed by atoms with Crippen LogP contribution in [0.1, 0.15) is 22.3 Å². The molecule has 0 atom stereocenters. The van der Waals surface area contributed by atoms with E-state index in [2.05, 4.69) is 11.4 Å². The Labute approximate surface area is 150 Å². The second kappa shape index (κ2) is 7.81. The number of halogens is 1. The lowest BCUT2D eigenvalue weighted by Gasteiger charge is -2.35. The van der Waals surface area contributed by atoms with Crippen molar-refractivity contribution < 1.29 is 9.59 Å². The number of piperazine rings is 1. The van der Waals surface area contributed by atoms with E-state index in [9.17, 15) is 9.59 Å². The summed E-state index contributed by atoms with van der Waals surface area (Å²) in [7, 11) is 0. The number of thiophene rings is 1. The van der Waals surface area contributed by atoms with E-state index in [0.29, 0.717) is 43.2 Å². The van der Waals surface area contributed by atoms with Gasteiger partial charge in [0.15, 0.2) is 0 Å². The van der Waals surface area contributed by atoms with Crippen LogP contribution in [0.5, 0.6) is 0 Å². The third-order valence-electron chi connectivity index (χ3n) is 4.20. The van der Waals surface area contributed by atoms with Crippen LogP contribution in [0.4, 0.5) is 0 Å². The average Bonchev–Trinajstić information content (AvgIpc) is 3.13. The van der Waals surface area contributed by atoms with Crippen LogP contribution in [-0.2, 0) is 11.2 Å². The van der Waals surface area contributed by atoms with Gasteiger partial charge in [0, 0.05) is 43.2 Å². The van der Waals surface area contributed by atoms with Crippen LogP contribution in [0.15, 0.2) is 41.1 Å². The minimum absolute atomic E-state index is 0.0251. The van der Waals surface area contributed by atoms with E-state index in [1.54, 1.807) is 40.5 Å². The molecule has 2 amide bonds. The summed E-state index contributed by atoms with van der Waals surface area (Å²) < 4.78 is 0. The van der Waals surface area contributed by atoms with Crippen molar-refractivity contribution in [1.29, 1.82) is 0 Å². The largest absolute Gasteiger partial charge is 0.339 e. The average molecular weight is 363 g/mol. The molecule has 0 saturated carbocycles. The Hall–Kier alpha value is -1.85. The summed E-state index contributed by atoms with van der Waals surface area (Å²) in [6.07, 6.45) is 1.31. The maximum Gasteiger partial charge on any atom is 0.254 e. The zero-order valence-corrected chi connectivity index (χ0v) is 14.9. The van der Waals surface area contributed by atoms with Crippen LogP contribution in [0.2, 0.25) is 5.02 Å². The van der Waals surface area contributed by atoms with Crippen molar-refractivity contribution in [2.75, 3.05) is 26.2 Å². The molecule has 24 heavy (non-hydrogen) atoms. The molecule has 1 saturated heterocycles. The Morgan fingerprint density at radius 3 is 2.50 bits per heavy atom. The van der Waals surface area contributed by atoms with Gasteiger partial charge in [0.2, 0.25) is 5.91 Å². The third-order valence-corrected chi connectivity index (χ3v) is 5.17. The van der Waals surface area contributed by atoms with Gasteiger partial charge >= 0.3 is 0 Å². The minimum Gasteiger partial charge on any atom is -0.339 e. The molecule has 1 aliphatic rings. The summed E-state index contributed by atoms with van der Waals surface area (Å²) in [6, 6.07) is 9.04. The molecule has 4 nitrogen and oxygen atoms in total. The summed E-state index contributed by atoms with van der Waals surface area (Å²) in [4.78, 5) is 28.4. The molecule has 0 N–H and O–H groups in total. The molecule has 1 aromatic heterocycles. The molecule has 1 aliphatic heterocycles. The standard InChI is InChI=1S/C18H19ClN2O2S/c19-16-3-1-2-15(12-16)18(23)21-9-7-20(8-10-21)17(22)5-4-14-6-11-24-13-14/h1-3,6,11-13H,4-5,7-10H2. The van der Waals surface area contributed by atoms with Crippen LogP contribution in [0.3, 0.4) is 0 Å². The molecule has 0 spiro atoms. The summed E-state index contributed by atoms with van der Waals surface area (Å²) in [5, 5.41) is 4.66. The number of carbonyl (C=O) groups excluding carboxylic acids is 2. The quantitative estimate of drug-likeness (QED) is 0.837. The van der Waals surface area contributed by atoms with Crippen molar-refractivity contribution in [3.05, 3.63) is 57.2 Å². The van der Waals surface area contributed by atoms with Crippen LogP contribution in [0, 0.1) is 0 Å². The van der Waals surface area contributed by atoms with E-state index in [1.807, 2.05) is 10.3 Å². The van der Waals surface area contributed by atoms with Crippen LogP contribution in [-0.4, -0.2) is 47.8 Å². The molecule has 0 aliphatic carbocycles. The molecule has 2 heterocycles. The van der Waals surface area contributed by atoms with E-state index in [4.69, 9.17) is 11.6 Å². The summed E-state index contributed by atoms with van der Waals surface area (Å²) >= 11 is 7.60. The molecular formula is C18H19ClN2O2S. The highest BCUT2D eigenvalue weighted by Crippen LogP contribution is 2.15. The predicted molar refractivity (Wildman–Crippen MR) is 96.6 cm³/mol. The van der Waals surface area contributed by atoms with Crippen molar-refractivity contribution in [2.24, 2.45) is 0 Å². The molecule has 3 rings (SSSR count). The van der Waals surface area contributed by atoms with Crippen LogP contribution < -0.4 is 0 Å². The first-order valence-electron chi connectivity index (χ1n) is 7.97. The maximum absolute atomic E-state index is 12.5. The molecule has 2 aromatic rings. The Balaban J connectivity index is 1.50. The first kappa shape index (κ1) is 17.0. The molecule has 6 heteroatoms. The van der Waals surface area contributed by atoms with Gasteiger partial charge < -0.3 is 9.80 Å². The number of nitrogens with zero attached hydrogens (tertiary/aromatic N) is 2. The Morgan fingerprint density at radius 2 is 1.83 bits per heavy atom. The number of hydrogen-bond acceptors (Lipinski definition) is 3. The zero-order valence-electron chi connectivity index (χ0n) is 13.3. The smallest absolute Gasteiger partial charge is 0.254 e. The molecule has 0 unspecified atom stereocenters. The Bertz CT molecular complexity index is 710. The lowest BCUT2D eigenvalue weighted by Crippen LogP contribution is -2.50. The molecule has 126 valence electrons. The minimum atomic E-state index is -0.0251. The lowest BCUT2D eigenvalue weighted by atomic mass is 10.1. The highest BCUT2D eigenvalue weighted by atomic mass is 35.5. The highest BCUT2D eigenvalue weighted by Gasteiger charge is 2.24. The summed E-state index contributed by atoms with van der Waals surface area (Å²) in [5.41, 5.74) is 1.81. The topological polar surface area (TPSA) is 40.6 Å². The van der Waals surface area contributed by atoms with E-state index in [1.165, 1.54) is 5.56 Å². The fourth-order valence-electron chi connectivity index (χ4n) is 2.81. The van der Waals surface area contributed by atoms with Crippen molar-refractivity contribution in [3.63, 3.8) is 0 Å². The summed E-state index contributed by atoms with van der Waals surface area (Å²) in [5.74, 6) is 0.138. The molecule has 1 fully saturated rings. The van der Waals surface area contributed by atoms with Gasteiger partial charge in [0.1, 0.15) is 0 Å². The number of hydrogen-bond donors (Lipinski definition) is 0. The van der Waals surface area contributed by atoms with Gasteiger partial charge in [-0.05, 0) is 47.0 Å². The normalized spacial score (nSPS) is 14.7. The fourth-order valence-corrected chi connectivity index (χ4v) is 3.70. The lowest BCUT2D eigenvalue weighted by molar-refractivity contribution is -0.132. The molecule has 1 aromatic carbocycles. The second-order valence-electron chi connectivity index (χ2n) is 5.81. The van der Waals surface area contributed by atoms with Crippen molar-refractivity contribution in [2.45, 2.75) is 12.8 Å². The van der Waals surface area contributed by atoms with E-state index in [0.717, 1.165) is 6.42 Å². The highest BCUT2D eigenvalue weighted by molar-refractivity contribution is 7.07. The van der Waals surface area contributed by atoms with Crippen LogP contribution in [0.25, 0.3) is 0 Å². The van der Waals surface area contributed by atoms with Gasteiger partial charge in [0.05, 0.1) is 0 Å². The molecule has 0 bridgehead atoms. The molecular weight excluding hydrogens is 344 g/mol. The van der Waals surface area contributed by atoms with Gasteiger partial charge in [-0.2, -0.15) is 11.3 Å². The Morgan fingerprint density at radius 1 is 1.08 bits per heavy atom. The van der Waals surface area contributed by atoms with Gasteiger partial charge in [0.25, 0.3) is 5.91 Å². The van der Waals surface area contributed by atoms with E-state index < -0.39 is 0 Å². The van der Waals surface area contributed by atoms with E-state index in [-0.39, 0.29) is 11.8 Å². The van der Waals surface area contributed by atoms with Gasteiger partial charge in [-0.3, -0.25) is 9.59 Å². The first-order chi connectivity index (χ1) is 11.6. The van der Waals surface area contributed by atoms with Crippen molar-refractivity contribution in [1.82, 2.24) is 9.80 Å². The van der Waals surface area contributed by atoms with E-state index >= 15 is 0 Å². The fraction of sp³-hybridized carbons (Fsp3) is 0.333. The zero-order chi connectivity index (χ0) is 16.9. The van der Waals surface area contributed by atoms with Gasteiger partial charge in [-0.1, -0.05) is 17.7 Å². The number of amides is 2. The first-order valence-corrected chi connectivity index (χ1v) is 9.29. The molecule has 0 radical (unpaired) electrons. The monoisotopic (exact) mass is 362 g/mol. The number of aryl methyl sites for hydroxylation is 1. The second-order valence-corrected chi connectivity index (χ2v) is 7.03.